The summed E-state index contributed by atoms with van der Waals surface area (Å²) in [4.78, 5) is 26.1. The highest BCUT2D eigenvalue weighted by Crippen LogP contribution is 2.22. The molecule has 5 nitrogen and oxygen atoms in total. The van der Waals surface area contributed by atoms with Crippen LogP contribution in [0.1, 0.15) is 35.6 Å². The van der Waals surface area contributed by atoms with Gasteiger partial charge in [0.05, 0.1) is 7.11 Å². The first-order chi connectivity index (χ1) is 13.3. The van der Waals surface area contributed by atoms with E-state index in [-0.39, 0.29) is 18.2 Å². The number of aryl methyl sites for hydroxylation is 3. The Labute approximate surface area is 167 Å². The van der Waals surface area contributed by atoms with Crippen molar-refractivity contribution in [1.29, 1.82) is 0 Å². The molecule has 0 radical (unpaired) electrons. The number of anilines is 1. The van der Waals surface area contributed by atoms with Crippen LogP contribution < -0.4 is 10.1 Å². The third-order valence-corrected chi connectivity index (χ3v) is 4.80. The third kappa shape index (κ3) is 6.12. The van der Waals surface area contributed by atoms with Gasteiger partial charge in [-0.1, -0.05) is 29.8 Å². The van der Waals surface area contributed by atoms with E-state index < -0.39 is 0 Å². The van der Waals surface area contributed by atoms with Crippen molar-refractivity contribution in [3.8, 4) is 5.75 Å². The maximum atomic E-state index is 12.4. The fraction of sp³-hybridized carbons (Fsp3) is 0.391. The molecule has 0 aliphatic heterocycles. The van der Waals surface area contributed by atoms with Crippen LogP contribution in [0.5, 0.6) is 5.75 Å². The lowest BCUT2D eigenvalue weighted by molar-refractivity contribution is -0.129. The number of ether oxygens (including phenoxy) is 1. The molecule has 0 saturated heterocycles. The summed E-state index contributed by atoms with van der Waals surface area (Å²) in [6.07, 6.45) is 0.985. The Kier molecular flexibility index (Phi) is 7.61. The van der Waals surface area contributed by atoms with Gasteiger partial charge in [0.2, 0.25) is 11.8 Å². The fourth-order valence-electron chi connectivity index (χ4n) is 3.33. The van der Waals surface area contributed by atoms with Gasteiger partial charge in [0, 0.05) is 32.1 Å². The van der Waals surface area contributed by atoms with Gasteiger partial charge in [0.15, 0.2) is 0 Å². The molecule has 0 unspecified atom stereocenters. The van der Waals surface area contributed by atoms with Crippen molar-refractivity contribution in [3.63, 3.8) is 0 Å². The van der Waals surface area contributed by atoms with Gasteiger partial charge in [0.25, 0.3) is 0 Å². The molecule has 2 amide bonds. The molecule has 28 heavy (non-hydrogen) atoms. The summed E-state index contributed by atoms with van der Waals surface area (Å²) >= 11 is 0. The molecule has 150 valence electrons. The second-order valence-electron chi connectivity index (χ2n) is 7.18. The summed E-state index contributed by atoms with van der Waals surface area (Å²) < 4.78 is 5.24. The van der Waals surface area contributed by atoms with Crippen LogP contribution in [-0.4, -0.2) is 36.9 Å². The van der Waals surface area contributed by atoms with Crippen LogP contribution in [0, 0.1) is 20.8 Å². The highest BCUT2D eigenvalue weighted by molar-refractivity contribution is 5.92. The molecule has 0 heterocycles. The molecule has 2 aromatic rings. The first-order valence-corrected chi connectivity index (χ1v) is 9.56. The minimum Gasteiger partial charge on any atom is -0.497 e. The van der Waals surface area contributed by atoms with Crippen molar-refractivity contribution in [3.05, 3.63) is 58.7 Å². The molecule has 1 N–H and O–H groups in total. The Bertz CT molecular complexity index is 822. The second kappa shape index (κ2) is 9.93. The van der Waals surface area contributed by atoms with E-state index in [1.54, 1.807) is 12.0 Å². The highest BCUT2D eigenvalue weighted by atomic mass is 16.5. The Hall–Kier alpha value is -2.82. The van der Waals surface area contributed by atoms with Gasteiger partial charge >= 0.3 is 0 Å². The lowest BCUT2D eigenvalue weighted by atomic mass is 10.0. The third-order valence-electron chi connectivity index (χ3n) is 4.80. The number of rotatable bonds is 8. The molecule has 0 fully saturated rings. The molecule has 2 aromatic carbocycles. The molecular formula is C23H30N2O3. The number of nitrogens with zero attached hydrogens (tertiary/aromatic N) is 1. The topological polar surface area (TPSA) is 58.6 Å². The minimum absolute atomic E-state index is 0.0293. The quantitative estimate of drug-likeness (QED) is 0.750. The van der Waals surface area contributed by atoms with Crippen molar-refractivity contribution in [2.45, 2.75) is 40.5 Å². The summed E-state index contributed by atoms with van der Waals surface area (Å²) in [6, 6.07) is 11.9. The summed E-state index contributed by atoms with van der Waals surface area (Å²) in [6.45, 7) is 8.53. The highest BCUT2D eigenvalue weighted by Gasteiger charge is 2.13. The number of carbonyl (C=O) groups is 2. The van der Waals surface area contributed by atoms with Crippen LogP contribution in [0.2, 0.25) is 0 Å². The van der Waals surface area contributed by atoms with Crippen molar-refractivity contribution >= 4 is 17.5 Å². The van der Waals surface area contributed by atoms with Gasteiger partial charge in [0.1, 0.15) is 5.75 Å². The number of hydrogen-bond donors (Lipinski definition) is 1. The zero-order chi connectivity index (χ0) is 20.7. The van der Waals surface area contributed by atoms with E-state index in [0.717, 1.165) is 28.1 Å². The Morgan fingerprint density at radius 1 is 1.04 bits per heavy atom. The van der Waals surface area contributed by atoms with E-state index >= 15 is 0 Å². The van der Waals surface area contributed by atoms with Crippen LogP contribution in [0.15, 0.2) is 36.4 Å². The Morgan fingerprint density at radius 2 is 1.71 bits per heavy atom. The Morgan fingerprint density at radius 3 is 2.32 bits per heavy atom. The zero-order valence-corrected chi connectivity index (χ0v) is 17.5. The minimum atomic E-state index is -0.0808. The van der Waals surface area contributed by atoms with Crippen molar-refractivity contribution in [1.82, 2.24) is 4.90 Å². The van der Waals surface area contributed by atoms with Crippen LogP contribution in [-0.2, 0) is 16.0 Å². The number of carbonyl (C=O) groups excluding carboxylic acids is 2. The van der Waals surface area contributed by atoms with Crippen LogP contribution in [0.3, 0.4) is 0 Å². The number of hydrogen-bond acceptors (Lipinski definition) is 3. The lowest BCUT2D eigenvalue weighted by Gasteiger charge is -2.21. The molecule has 0 bridgehead atoms. The largest absolute Gasteiger partial charge is 0.497 e. The standard InChI is InChI=1S/C23H30N2O3/c1-16-13-17(2)23(18(3)14-16)24-22(27)10-12-25(19(4)26)11-9-20-7-6-8-21(15-20)28-5/h6-8,13-15H,9-12H2,1-5H3,(H,24,27). The number of methoxy groups -OCH3 is 1. The van der Waals surface area contributed by atoms with Crippen molar-refractivity contribution in [2.24, 2.45) is 0 Å². The molecule has 0 spiro atoms. The van der Waals surface area contributed by atoms with Crippen molar-refractivity contribution < 1.29 is 14.3 Å². The second-order valence-corrected chi connectivity index (χ2v) is 7.18. The average Bonchev–Trinajstić information content (AvgIpc) is 2.64. The van der Waals surface area contributed by atoms with E-state index in [9.17, 15) is 9.59 Å². The monoisotopic (exact) mass is 382 g/mol. The smallest absolute Gasteiger partial charge is 0.226 e. The molecule has 0 atom stereocenters. The van der Waals surface area contributed by atoms with Gasteiger partial charge < -0.3 is 15.0 Å². The van der Waals surface area contributed by atoms with Gasteiger partial charge in [-0.05, 0) is 56.0 Å². The SMILES string of the molecule is COc1cccc(CCN(CCC(=O)Nc2c(C)cc(C)cc2C)C(C)=O)c1. The van der Waals surface area contributed by atoms with Gasteiger partial charge in [-0.25, -0.2) is 0 Å². The summed E-state index contributed by atoms with van der Waals surface area (Å²) in [5.74, 6) is 0.691. The molecule has 5 heteroatoms. The summed E-state index contributed by atoms with van der Waals surface area (Å²) in [5.41, 5.74) is 5.23. The van der Waals surface area contributed by atoms with E-state index in [0.29, 0.717) is 19.5 Å². The van der Waals surface area contributed by atoms with E-state index in [4.69, 9.17) is 4.74 Å². The number of benzene rings is 2. The molecule has 0 saturated carbocycles. The maximum Gasteiger partial charge on any atom is 0.226 e. The van der Waals surface area contributed by atoms with Crippen LogP contribution in [0.4, 0.5) is 5.69 Å². The van der Waals surface area contributed by atoms with E-state index in [1.165, 1.54) is 12.5 Å². The van der Waals surface area contributed by atoms with E-state index in [1.807, 2.05) is 45.0 Å². The zero-order valence-electron chi connectivity index (χ0n) is 17.5. The first-order valence-electron chi connectivity index (χ1n) is 9.56. The van der Waals surface area contributed by atoms with Gasteiger partial charge in [-0.3, -0.25) is 9.59 Å². The van der Waals surface area contributed by atoms with Gasteiger partial charge in [-0.2, -0.15) is 0 Å². The molecule has 2 rings (SSSR count). The first kappa shape index (κ1) is 21.5. The van der Waals surface area contributed by atoms with Crippen molar-refractivity contribution in [2.75, 3.05) is 25.5 Å². The van der Waals surface area contributed by atoms with Crippen LogP contribution >= 0.6 is 0 Å². The maximum absolute atomic E-state index is 12.4. The Balaban J connectivity index is 1.92. The summed E-state index contributed by atoms with van der Waals surface area (Å²) in [5, 5.41) is 3.00. The van der Waals surface area contributed by atoms with Gasteiger partial charge in [-0.15, -0.1) is 0 Å². The predicted molar refractivity (Wildman–Crippen MR) is 113 cm³/mol. The number of amides is 2. The van der Waals surface area contributed by atoms with Crippen LogP contribution in [0.25, 0.3) is 0 Å². The lowest BCUT2D eigenvalue weighted by Crippen LogP contribution is -2.33. The predicted octanol–water partition coefficient (Wildman–Crippen LogP) is 4.04. The fourth-order valence-corrected chi connectivity index (χ4v) is 3.33. The average molecular weight is 383 g/mol. The molecule has 0 aromatic heterocycles. The molecular weight excluding hydrogens is 352 g/mol. The normalized spacial score (nSPS) is 10.5. The molecule has 0 aliphatic carbocycles. The molecule has 0 aliphatic rings. The number of nitrogens with one attached hydrogen (secondary N) is 1. The van der Waals surface area contributed by atoms with E-state index in [2.05, 4.69) is 17.4 Å². The summed E-state index contributed by atoms with van der Waals surface area (Å²) in [7, 11) is 1.64.